The molecule has 0 aliphatic rings. The summed E-state index contributed by atoms with van der Waals surface area (Å²) in [5.74, 6) is 1.53. The first-order valence-corrected chi connectivity index (χ1v) is 8.19. The molecule has 0 saturated heterocycles. The lowest BCUT2D eigenvalue weighted by Crippen LogP contribution is -2.25. The second-order valence-corrected chi connectivity index (χ2v) is 6.05. The molecule has 0 fully saturated rings. The first kappa shape index (κ1) is 18.5. The number of ether oxygens (including phenoxy) is 2. The molecule has 2 rings (SSSR count). The molecule has 5 heteroatoms. The van der Waals surface area contributed by atoms with E-state index >= 15 is 0 Å². The first-order valence-electron chi connectivity index (χ1n) is 8.19. The molecule has 0 aromatic heterocycles. The zero-order chi connectivity index (χ0) is 18.2. The van der Waals surface area contributed by atoms with Gasteiger partial charge in [0.15, 0.2) is 6.61 Å². The minimum atomic E-state index is -0.305. The van der Waals surface area contributed by atoms with Crippen LogP contribution in [0, 0.1) is 6.92 Å². The van der Waals surface area contributed by atoms with Gasteiger partial charge in [-0.2, -0.15) is 5.10 Å². The van der Waals surface area contributed by atoms with E-state index in [0.29, 0.717) is 5.92 Å². The molecule has 0 radical (unpaired) electrons. The summed E-state index contributed by atoms with van der Waals surface area (Å²) >= 11 is 0. The Labute approximate surface area is 148 Å². The van der Waals surface area contributed by atoms with Crippen LogP contribution in [0.1, 0.15) is 36.5 Å². The summed E-state index contributed by atoms with van der Waals surface area (Å²) in [6.45, 7) is 6.10. The van der Waals surface area contributed by atoms with Crippen molar-refractivity contribution in [3.63, 3.8) is 0 Å². The molecule has 0 spiro atoms. The van der Waals surface area contributed by atoms with Crippen LogP contribution in [-0.4, -0.2) is 25.8 Å². The van der Waals surface area contributed by atoms with Crippen LogP contribution in [0.5, 0.6) is 11.5 Å². The van der Waals surface area contributed by atoms with E-state index in [1.165, 1.54) is 0 Å². The number of benzene rings is 2. The summed E-state index contributed by atoms with van der Waals surface area (Å²) in [7, 11) is 1.61. The van der Waals surface area contributed by atoms with Crippen molar-refractivity contribution in [1.29, 1.82) is 0 Å². The van der Waals surface area contributed by atoms with Crippen LogP contribution < -0.4 is 14.9 Å². The van der Waals surface area contributed by atoms with Crippen LogP contribution in [0.3, 0.4) is 0 Å². The third kappa shape index (κ3) is 5.64. The van der Waals surface area contributed by atoms with E-state index in [4.69, 9.17) is 9.47 Å². The largest absolute Gasteiger partial charge is 0.497 e. The van der Waals surface area contributed by atoms with E-state index in [-0.39, 0.29) is 12.5 Å². The van der Waals surface area contributed by atoms with Gasteiger partial charge in [0.1, 0.15) is 11.5 Å². The van der Waals surface area contributed by atoms with Crippen molar-refractivity contribution in [2.45, 2.75) is 26.7 Å². The number of aryl methyl sites for hydroxylation is 1. The van der Waals surface area contributed by atoms with E-state index in [9.17, 15) is 4.79 Å². The average Bonchev–Trinajstić information content (AvgIpc) is 2.60. The van der Waals surface area contributed by atoms with Crippen LogP contribution in [0.25, 0.3) is 0 Å². The molecule has 132 valence electrons. The second kappa shape index (κ2) is 8.87. The van der Waals surface area contributed by atoms with E-state index in [2.05, 4.69) is 24.4 Å². The van der Waals surface area contributed by atoms with Gasteiger partial charge in [-0.15, -0.1) is 0 Å². The third-order valence-electron chi connectivity index (χ3n) is 3.67. The van der Waals surface area contributed by atoms with Gasteiger partial charge in [0.2, 0.25) is 0 Å². The van der Waals surface area contributed by atoms with Crippen LogP contribution in [0.2, 0.25) is 0 Å². The monoisotopic (exact) mass is 340 g/mol. The molecule has 0 atom stereocenters. The standard InChI is InChI=1S/C20H24N2O3/c1-14(2)18-10-5-15(3)11-19(18)25-13-20(23)22-21-12-16-6-8-17(24-4)9-7-16/h5-12,14H,13H2,1-4H3,(H,22,23)/b21-12-. The fourth-order valence-electron chi connectivity index (χ4n) is 2.29. The number of hydrogen-bond acceptors (Lipinski definition) is 4. The van der Waals surface area contributed by atoms with Crippen molar-refractivity contribution < 1.29 is 14.3 Å². The van der Waals surface area contributed by atoms with Crippen molar-refractivity contribution in [2.75, 3.05) is 13.7 Å². The Bertz CT molecular complexity index is 737. The second-order valence-electron chi connectivity index (χ2n) is 6.05. The summed E-state index contributed by atoms with van der Waals surface area (Å²) < 4.78 is 10.8. The molecule has 0 heterocycles. The highest BCUT2D eigenvalue weighted by Gasteiger charge is 2.10. The molecule has 0 unspecified atom stereocenters. The van der Waals surface area contributed by atoms with Crippen molar-refractivity contribution in [3.8, 4) is 11.5 Å². The predicted octanol–water partition coefficient (Wildman–Crippen LogP) is 3.66. The van der Waals surface area contributed by atoms with Crippen molar-refractivity contribution in [2.24, 2.45) is 5.10 Å². The minimum absolute atomic E-state index is 0.0802. The van der Waals surface area contributed by atoms with E-state index < -0.39 is 0 Å². The highest BCUT2D eigenvalue weighted by molar-refractivity contribution is 5.83. The molecule has 0 bridgehead atoms. The van der Waals surface area contributed by atoms with Crippen LogP contribution in [0.15, 0.2) is 47.6 Å². The molecule has 0 aliphatic heterocycles. The van der Waals surface area contributed by atoms with E-state index in [1.54, 1.807) is 13.3 Å². The number of nitrogens with zero attached hydrogens (tertiary/aromatic N) is 1. The zero-order valence-electron chi connectivity index (χ0n) is 15.1. The van der Waals surface area contributed by atoms with Gasteiger partial charge in [0.05, 0.1) is 13.3 Å². The summed E-state index contributed by atoms with van der Waals surface area (Å²) in [5.41, 5.74) is 5.51. The van der Waals surface area contributed by atoms with Gasteiger partial charge < -0.3 is 9.47 Å². The molecular formula is C20H24N2O3. The molecule has 2 aromatic rings. The highest BCUT2D eigenvalue weighted by Crippen LogP contribution is 2.27. The summed E-state index contributed by atoms with van der Waals surface area (Å²) in [6.07, 6.45) is 1.57. The molecule has 0 aliphatic carbocycles. The van der Waals surface area contributed by atoms with Gasteiger partial charge in [0, 0.05) is 0 Å². The van der Waals surface area contributed by atoms with Crippen LogP contribution in [0.4, 0.5) is 0 Å². The smallest absolute Gasteiger partial charge is 0.277 e. The number of carbonyl (C=O) groups is 1. The Hall–Kier alpha value is -2.82. The van der Waals surface area contributed by atoms with Crippen molar-refractivity contribution in [3.05, 3.63) is 59.2 Å². The topological polar surface area (TPSA) is 59.9 Å². The number of methoxy groups -OCH3 is 1. The van der Waals surface area contributed by atoms with Crippen molar-refractivity contribution in [1.82, 2.24) is 5.43 Å². The Balaban J connectivity index is 1.88. The Kier molecular flexibility index (Phi) is 6.57. The van der Waals surface area contributed by atoms with Gasteiger partial charge in [0.25, 0.3) is 5.91 Å². The normalized spacial score (nSPS) is 10.9. The zero-order valence-corrected chi connectivity index (χ0v) is 15.1. The fraction of sp³-hybridized carbons (Fsp3) is 0.300. The number of rotatable bonds is 7. The minimum Gasteiger partial charge on any atom is -0.497 e. The lowest BCUT2D eigenvalue weighted by molar-refractivity contribution is -0.123. The summed E-state index contributed by atoms with van der Waals surface area (Å²) in [4.78, 5) is 11.9. The van der Waals surface area contributed by atoms with Gasteiger partial charge in [-0.3, -0.25) is 4.79 Å². The molecule has 2 aromatic carbocycles. The number of hydrazone groups is 1. The maximum absolute atomic E-state index is 11.9. The molecule has 0 saturated carbocycles. The Morgan fingerprint density at radius 2 is 1.92 bits per heavy atom. The molecule has 1 N–H and O–H groups in total. The highest BCUT2D eigenvalue weighted by atomic mass is 16.5. The number of nitrogens with one attached hydrogen (secondary N) is 1. The van der Waals surface area contributed by atoms with E-state index in [1.807, 2.05) is 49.4 Å². The first-order chi connectivity index (χ1) is 12.0. The molecule has 25 heavy (non-hydrogen) atoms. The fourth-order valence-corrected chi connectivity index (χ4v) is 2.29. The molecule has 1 amide bonds. The van der Waals surface area contributed by atoms with Gasteiger partial charge in [-0.25, -0.2) is 5.43 Å². The molecular weight excluding hydrogens is 316 g/mol. The maximum Gasteiger partial charge on any atom is 0.277 e. The quantitative estimate of drug-likeness (QED) is 0.618. The predicted molar refractivity (Wildman–Crippen MR) is 99.5 cm³/mol. The average molecular weight is 340 g/mol. The Morgan fingerprint density at radius 3 is 2.56 bits per heavy atom. The lowest BCUT2D eigenvalue weighted by Gasteiger charge is -2.14. The third-order valence-corrected chi connectivity index (χ3v) is 3.67. The van der Waals surface area contributed by atoms with Crippen LogP contribution >= 0.6 is 0 Å². The summed E-state index contributed by atoms with van der Waals surface area (Å²) in [5, 5.41) is 3.94. The molecule has 5 nitrogen and oxygen atoms in total. The Morgan fingerprint density at radius 1 is 1.20 bits per heavy atom. The van der Waals surface area contributed by atoms with E-state index in [0.717, 1.165) is 28.2 Å². The van der Waals surface area contributed by atoms with Gasteiger partial charge in [-0.1, -0.05) is 26.0 Å². The lowest BCUT2D eigenvalue weighted by atomic mass is 10.0. The van der Waals surface area contributed by atoms with Crippen LogP contribution in [-0.2, 0) is 4.79 Å². The summed E-state index contributed by atoms with van der Waals surface area (Å²) in [6, 6.07) is 13.4. The van der Waals surface area contributed by atoms with Gasteiger partial charge >= 0.3 is 0 Å². The van der Waals surface area contributed by atoms with Crippen molar-refractivity contribution >= 4 is 12.1 Å². The number of hydrogen-bond donors (Lipinski definition) is 1. The SMILES string of the molecule is COc1ccc(/C=N\NC(=O)COc2cc(C)ccc2C(C)C)cc1. The number of amides is 1. The number of carbonyl (C=O) groups excluding carboxylic acids is 1. The maximum atomic E-state index is 11.9. The van der Waals surface area contributed by atoms with Gasteiger partial charge in [-0.05, 0) is 59.9 Å².